The smallest absolute Gasteiger partial charge is 0.244 e. The SMILES string of the molecule is C[C@@H](NC(=O)/C=C/c1cccc(N)c1)c1ccc(Br)cc1. The third-order valence-electron chi connectivity index (χ3n) is 3.07. The molecule has 1 atom stereocenters. The lowest BCUT2D eigenvalue weighted by molar-refractivity contribution is -0.117. The Balaban J connectivity index is 1.96. The number of rotatable bonds is 4. The lowest BCUT2D eigenvalue weighted by atomic mass is 10.1. The minimum Gasteiger partial charge on any atom is -0.399 e. The zero-order valence-corrected chi connectivity index (χ0v) is 13.3. The molecule has 108 valence electrons. The van der Waals surface area contributed by atoms with E-state index in [9.17, 15) is 4.79 Å². The van der Waals surface area contributed by atoms with E-state index in [0.717, 1.165) is 15.6 Å². The first-order valence-corrected chi connectivity index (χ1v) is 7.43. The van der Waals surface area contributed by atoms with Crippen molar-refractivity contribution >= 4 is 33.6 Å². The second kappa shape index (κ2) is 7.09. The normalized spacial score (nSPS) is 12.3. The fraction of sp³-hybridized carbons (Fsp3) is 0.118. The molecule has 0 spiro atoms. The van der Waals surface area contributed by atoms with E-state index in [4.69, 9.17) is 5.73 Å². The summed E-state index contributed by atoms with van der Waals surface area (Å²) in [6.07, 6.45) is 3.27. The van der Waals surface area contributed by atoms with Gasteiger partial charge in [0, 0.05) is 16.2 Å². The molecule has 0 saturated carbocycles. The molecule has 3 nitrogen and oxygen atoms in total. The van der Waals surface area contributed by atoms with Crippen molar-refractivity contribution < 1.29 is 4.79 Å². The van der Waals surface area contributed by atoms with Gasteiger partial charge in [-0.3, -0.25) is 4.79 Å². The summed E-state index contributed by atoms with van der Waals surface area (Å²) in [7, 11) is 0. The number of anilines is 1. The molecular formula is C17H17BrN2O. The van der Waals surface area contributed by atoms with Gasteiger partial charge >= 0.3 is 0 Å². The highest BCUT2D eigenvalue weighted by atomic mass is 79.9. The molecule has 21 heavy (non-hydrogen) atoms. The minimum absolute atomic E-state index is 0.0453. The predicted octanol–water partition coefficient (Wildman–Crippen LogP) is 3.92. The van der Waals surface area contributed by atoms with Crippen LogP contribution in [0.2, 0.25) is 0 Å². The van der Waals surface area contributed by atoms with Crippen molar-refractivity contribution in [3.63, 3.8) is 0 Å². The lowest BCUT2D eigenvalue weighted by Crippen LogP contribution is -2.24. The fourth-order valence-corrected chi connectivity index (χ4v) is 2.20. The van der Waals surface area contributed by atoms with Crippen LogP contribution < -0.4 is 11.1 Å². The summed E-state index contributed by atoms with van der Waals surface area (Å²) < 4.78 is 1.02. The van der Waals surface area contributed by atoms with Crippen molar-refractivity contribution in [3.8, 4) is 0 Å². The number of benzene rings is 2. The molecule has 0 aromatic heterocycles. The number of halogens is 1. The second-order valence-corrected chi connectivity index (χ2v) is 5.70. The fourth-order valence-electron chi connectivity index (χ4n) is 1.93. The molecule has 0 aliphatic rings. The van der Waals surface area contributed by atoms with E-state index in [1.807, 2.05) is 55.5 Å². The van der Waals surface area contributed by atoms with Crippen LogP contribution in [0, 0.1) is 0 Å². The van der Waals surface area contributed by atoms with Crippen molar-refractivity contribution in [3.05, 3.63) is 70.2 Å². The summed E-state index contributed by atoms with van der Waals surface area (Å²) >= 11 is 3.39. The summed E-state index contributed by atoms with van der Waals surface area (Å²) in [4.78, 5) is 11.9. The first kappa shape index (κ1) is 15.3. The summed E-state index contributed by atoms with van der Waals surface area (Å²) in [5, 5.41) is 2.93. The standard InChI is InChI=1S/C17H17BrN2O/c1-12(14-6-8-15(18)9-7-14)20-17(21)10-5-13-3-2-4-16(19)11-13/h2-12H,19H2,1H3,(H,20,21)/b10-5+/t12-/m1/s1. The molecule has 0 heterocycles. The Hall–Kier alpha value is -2.07. The molecule has 0 saturated heterocycles. The summed E-state index contributed by atoms with van der Waals surface area (Å²) in [5.74, 6) is -0.132. The number of hydrogen-bond donors (Lipinski definition) is 2. The summed E-state index contributed by atoms with van der Waals surface area (Å²) in [6, 6.07) is 15.2. The Morgan fingerprint density at radius 3 is 2.62 bits per heavy atom. The van der Waals surface area contributed by atoms with Gasteiger partial charge in [0.2, 0.25) is 5.91 Å². The molecule has 1 amide bonds. The highest BCUT2D eigenvalue weighted by Gasteiger charge is 2.06. The van der Waals surface area contributed by atoms with E-state index in [1.54, 1.807) is 6.08 Å². The van der Waals surface area contributed by atoms with Gasteiger partial charge in [0.05, 0.1) is 6.04 Å². The average Bonchev–Trinajstić information content (AvgIpc) is 2.46. The zero-order valence-electron chi connectivity index (χ0n) is 11.7. The van der Waals surface area contributed by atoms with Gasteiger partial charge in [0.1, 0.15) is 0 Å². The van der Waals surface area contributed by atoms with Crippen molar-refractivity contribution in [1.29, 1.82) is 0 Å². The molecule has 2 rings (SSSR count). The monoisotopic (exact) mass is 344 g/mol. The highest BCUT2D eigenvalue weighted by molar-refractivity contribution is 9.10. The van der Waals surface area contributed by atoms with Crippen LogP contribution in [0.1, 0.15) is 24.1 Å². The quantitative estimate of drug-likeness (QED) is 0.652. The van der Waals surface area contributed by atoms with Gasteiger partial charge in [-0.1, -0.05) is 40.2 Å². The maximum atomic E-state index is 11.9. The number of nitrogen functional groups attached to an aromatic ring is 1. The Kier molecular flexibility index (Phi) is 5.17. The largest absolute Gasteiger partial charge is 0.399 e. The second-order valence-electron chi connectivity index (χ2n) is 4.79. The van der Waals surface area contributed by atoms with Crippen LogP contribution in [-0.4, -0.2) is 5.91 Å². The third-order valence-corrected chi connectivity index (χ3v) is 3.60. The van der Waals surface area contributed by atoms with E-state index in [-0.39, 0.29) is 11.9 Å². The van der Waals surface area contributed by atoms with E-state index < -0.39 is 0 Å². The van der Waals surface area contributed by atoms with E-state index >= 15 is 0 Å². The summed E-state index contributed by atoms with van der Waals surface area (Å²) in [5.41, 5.74) is 8.34. The van der Waals surface area contributed by atoms with E-state index in [1.165, 1.54) is 6.08 Å². The van der Waals surface area contributed by atoms with Crippen molar-refractivity contribution in [1.82, 2.24) is 5.32 Å². The maximum Gasteiger partial charge on any atom is 0.244 e. The molecule has 2 aromatic carbocycles. The van der Waals surface area contributed by atoms with Gasteiger partial charge in [-0.2, -0.15) is 0 Å². The molecule has 0 radical (unpaired) electrons. The van der Waals surface area contributed by atoms with Crippen LogP contribution in [0.3, 0.4) is 0 Å². The Labute approximate surface area is 133 Å². The van der Waals surface area contributed by atoms with Crippen LogP contribution in [-0.2, 0) is 4.79 Å². The Morgan fingerprint density at radius 2 is 1.95 bits per heavy atom. The van der Waals surface area contributed by atoms with E-state index in [2.05, 4.69) is 21.2 Å². The molecule has 0 aliphatic carbocycles. The minimum atomic E-state index is -0.132. The number of amides is 1. The maximum absolute atomic E-state index is 11.9. The number of nitrogens with two attached hydrogens (primary N) is 1. The molecular weight excluding hydrogens is 328 g/mol. The van der Waals surface area contributed by atoms with Crippen molar-refractivity contribution in [2.75, 3.05) is 5.73 Å². The van der Waals surface area contributed by atoms with Gasteiger partial charge in [-0.05, 0) is 48.4 Å². The topological polar surface area (TPSA) is 55.1 Å². The molecule has 3 N–H and O–H groups in total. The van der Waals surface area contributed by atoms with E-state index in [0.29, 0.717) is 5.69 Å². The molecule has 0 unspecified atom stereocenters. The van der Waals surface area contributed by atoms with Gasteiger partial charge in [-0.15, -0.1) is 0 Å². The lowest BCUT2D eigenvalue weighted by Gasteiger charge is -2.12. The first-order chi connectivity index (χ1) is 10.0. The van der Waals surface area contributed by atoms with Crippen LogP contribution in [0.25, 0.3) is 6.08 Å². The molecule has 2 aromatic rings. The van der Waals surface area contributed by atoms with Crippen molar-refractivity contribution in [2.24, 2.45) is 0 Å². The number of nitrogens with one attached hydrogen (secondary N) is 1. The van der Waals surface area contributed by atoms with Gasteiger partial charge in [0.25, 0.3) is 0 Å². The van der Waals surface area contributed by atoms with Crippen molar-refractivity contribution in [2.45, 2.75) is 13.0 Å². The van der Waals surface area contributed by atoms with Gasteiger partial charge < -0.3 is 11.1 Å². The number of carbonyl (C=O) groups excluding carboxylic acids is 1. The molecule has 4 heteroatoms. The highest BCUT2D eigenvalue weighted by Crippen LogP contribution is 2.16. The predicted molar refractivity (Wildman–Crippen MR) is 90.6 cm³/mol. The number of carbonyl (C=O) groups is 1. The average molecular weight is 345 g/mol. The van der Waals surface area contributed by atoms with Crippen LogP contribution in [0.5, 0.6) is 0 Å². The first-order valence-electron chi connectivity index (χ1n) is 6.64. The van der Waals surface area contributed by atoms with Gasteiger partial charge in [-0.25, -0.2) is 0 Å². The number of hydrogen-bond acceptors (Lipinski definition) is 2. The zero-order chi connectivity index (χ0) is 15.2. The molecule has 0 aliphatic heterocycles. The molecule has 0 fully saturated rings. The van der Waals surface area contributed by atoms with Crippen LogP contribution >= 0.6 is 15.9 Å². The Morgan fingerprint density at radius 1 is 1.24 bits per heavy atom. The van der Waals surface area contributed by atoms with Gasteiger partial charge in [0.15, 0.2) is 0 Å². The third kappa shape index (κ3) is 4.76. The van der Waals surface area contributed by atoms with Crippen LogP contribution in [0.4, 0.5) is 5.69 Å². The summed E-state index contributed by atoms with van der Waals surface area (Å²) in [6.45, 7) is 1.95. The Bertz CT molecular complexity index is 650. The van der Waals surface area contributed by atoms with Crippen LogP contribution in [0.15, 0.2) is 59.1 Å². The molecule has 0 bridgehead atoms.